The first-order chi connectivity index (χ1) is 8.53. The molecule has 0 aromatic rings. The number of nitrogens with two attached hydrogens (primary N) is 1. The zero-order chi connectivity index (χ0) is 13.2. The molecule has 0 atom stereocenters. The molecule has 0 radical (unpaired) electrons. The third-order valence-electron chi connectivity index (χ3n) is 5.54. The maximum atomic E-state index is 11.1. The standard InChI is InChI=1S/C15H30N2O/c1-13(2)17-10-8-15(18,9-11-17)14(12-16)6-4-3-5-7-14/h13,18H,3-12,16H2,1-2H3. The van der Waals surface area contributed by atoms with Crippen molar-refractivity contribution in [3.05, 3.63) is 0 Å². The van der Waals surface area contributed by atoms with E-state index in [1.165, 1.54) is 19.3 Å². The molecule has 2 rings (SSSR count). The number of nitrogens with zero attached hydrogens (tertiary/aromatic N) is 1. The SMILES string of the molecule is CC(C)N1CCC(O)(C2(CN)CCCCC2)CC1. The summed E-state index contributed by atoms with van der Waals surface area (Å²) in [7, 11) is 0. The summed E-state index contributed by atoms with van der Waals surface area (Å²) in [6, 6.07) is 0.592. The molecule has 3 N–H and O–H groups in total. The van der Waals surface area contributed by atoms with E-state index < -0.39 is 5.60 Å². The Morgan fingerprint density at radius 2 is 1.61 bits per heavy atom. The summed E-state index contributed by atoms with van der Waals surface area (Å²) in [4.78, 5) is 2.47. The number of hydrogen-bond donors (Lipinski definition) is 2. The van der Waals surface area contributed by atoms with E-state index in [2.05, 4.69) is 18.7 Å². The van der Waals surface area contributed by atoms with Crippen LogP contribution in [-0.2, 0) is 0 Å². The number of piperidine rings is 1. The molecule has 1 aliphatic carbocycles. The lowest BCUT2D eigenvalue weighted by Gasteiger charge is -2.53. The maximum absolute atomic E-state index is 11.1. The normalized spacial score (nSPS) is 28.5. The fourth-order valence-electron chi connectivity index (χ4n) is 4.03. The predicted molar refractivity (Wildman–Crippen MR) is 75.5 cm³/mol. The molecule has 106 valence electrons. The van der Waals surface area contributed by atoms with Crippen molar-refractivity contribution in [3.8, 4) is 0 Å². The molecule has 2 aliphatic rings. The molecule has 0 aromatic carbocycles. The summed E-state index contributed by atoms with van der Waals surface area (Å²) in [5.74, 6) is 0. The Bertz CT molecular complexity index is 264. The second-order valence-electron chi connectivity index (χ2n) is 6.71. The van der Waals surface area contributed by atoms with Gasteiger partial charge in [-0.05, 0) is 39.5 Å². The quantitative estimate of drug-likeness (QED) is 0.811. The Kier molecular flexibility index (Phi) is 4.35. The van der Waals surface area contributed by atoms with E-state index in [1.807, 2.05) is 0 Å². The van der Waals surface area contributed by atoms with E-state index >= 15 is 0 Å². The van der Waals surface area contributed by atoms with E-state index in [1.54, 1.807) is 0 Å². The van der Waals surface area contributed by atoms with Crippen molar-refractivity contribution in [1.29, 1.82) is 0 Å². The first kappa shape index (κ1) is 14.3. The van der Waals surface area contributed by atoms with Gasteiger partial charge in [0.25, 0.3) is 0 Å². The molecule has 1 aliphatic heterocycles. The monoisotopic (exact) mass is 254 g/mol. The first-order valence-corrected chi connectivity index (χ1v) is 7.69. The van der Waals surface area contributed by atoms with E-state index in [4.69, 9.17) is 5.73 Å². The molecular weight excluding hydrogens is 224 g/mol. The van der Waals surface area contributed by atoms with Crippen molar-refractivity contribution in [2.75, 3.05) is 19.6 Å². The average Bonchev–Trinajstić information content (AvgIpc) is 2.40. The van der Waals surface area contributed by atoms with Crippen molar-refractivity contribution in [1.82, 2.24) is 4.90 Å². The number of hydrogen-bond acceptors (Lipinski definition) is 3. The first-order valence-electron chi connectivity index (χ1n) is 7.69. The second kappa shape index (κ2) is 5.48. The third-order valence-corrected chi connectivity index (χ3v) is 5.54. The fourth-order valence-corrected chi connectivity index (χ4v) is 4.03. The van der Waals surface area contributed by atoms with Gasteiger partial charge in [-0.2, -0.15) is 0 Å². The molecule has 0 unspecified atom stereocenters. The molecule has 3 heteroatoms. The van der Waals surface area contributed by atoms with Gasteiger partial charge in [0.1, 0.15) is 0 Å². The minimum atomic E-state index is -0.506. The van der Waals surface area contributed by atoms with Crippen LogP contribution < -0.4 is 5.73 Å². The van der Waals surface area contributed by atoms with Crippen LogP contribution in [0.4, 0.5) is 0 Å². The van der Waals surface area contributed by atoms with Gasteiger partial charge in [0.15, 0.2) is 0 Å². The van der Waals surface area contributed by atoms with Crippen LogP contribution in [-0.4, -0.2) is 41.3 Å². The minimum Gasteiger partial charge on any atom is -0.389 e. The summed E-state index contributed by atoms with van der Waals surface area (Å²) in [6.07, 6.45) is 7.87. The van der Waals surface area contributed by atoms with Crippen LogP contribution in [0.2, 0.25) is 0 Å². The van der Waals surface area contributed by atoms with Crippen molar-refractivity contribution in [3.63, 3.8) is 0 Å². The van der Waals surface area contributed by atoms with E-state index in [0.717, 1.165) is 38.8 Å². The van der Waals surface area contributed by atoms with Gasteiger partial charge < -0.3 is 15.7 Å². The van der Waals surface area contributed by atoms with Crippen LogP contribution in [0.15, 0.2) is 0 Å². The van der Waals surface area contributed by atoms with Crippen LogP contribution in [0, 0.1) is 5.41 Å². The van der Waals surface area contributed by atoms with E-state index in [-0.39, 0.29) is 5.41 Å². The third kappa shape index (κ3) is 2.45. The molecule has 2 fully saturated rings. The second-order valence-corrected chi connectivity index (χ2v) is 6.71. The van der Waals surface area contributed by atoms with E-state index in [9.17, 15) is 5.11 Å². The summed E-state index contributed by atoms with van der Waals surface area (Å²) < 4.78 is 0. The van der Waals surface area contributed by atoms with E-state index in [0.29, 0.717) is 12.6 Å². The molecule has 0 aromatic heterocycles. The van der Waals surface area contributed by atoms with Crippen molar-refractivity contribution >= 4 is 0 Å². The smallest absolute Gasteiger partial charge is 0.0740 e. The highest BCUT2D eigenvalue weighted by Crippen LogP contribution is 2.48. The number of likely N-dealkylation sites (tertiary alicyclic amines) is 1. The summed E-state index contributed by atoms with van der Waals surface area (Å²) in [5, 5.41) is 11.1. The minimum absolute atomic E-state index is 0.00825. The van der Waals surface area contributed by atoms with Gasteiger partial charge >= 0.3 is 0 Å². The van der Waals surface area contributed by atoms with Crippen molar-refractivity contribution in [2.24, 2.45) is 11.1 Å². The zero-order valence-corrected chi connectivity index (χ0v) is 12.1. The van der Waals surface area contributed by atoms with Gasteiger partial charge in [-0.3, -0.25) is 0 Å². The number of aliphatic hydroxyl groups is 1. The Morgan fingerprint density at radius 3 is 2.06 bits per heavy atom. The Morgan fingerprint density at radius 1 is 1.06 bits per heavy atom. The molecule has 1 saturated heterocycles. The van der Waals surface area contributed by atoms with Crippen LogP contribution in [0.3, 0.4) is 0 Å². The molecular formula is C15H30N2O. The van der Waals surface area contributed by atoms with Gasteiger partial charge in [0.05, 0.1) is 5.60 Å². The lowest BCUT2D eigenvalue weighted by atomic mass is 9.60. The summed E-state index contributed by atoms with van der Waals surface area (Å²) in [6.45, 7) is 7.18. The Hall–Kier alpha value is -0.120. The Labute approximate surface area is 112 Å². The largest absolute Gasteiger partial charge is 0.389 e. The van der Waals surface area contributed by atoms with Crippen LogP contribution in [0.1, 0.15) is 58.8 Å². The Balaban J connectivity index is 2.06. The molecule has 1 saturated carbocycles. The van der Waals surface area contributed by atoms with Gasteiger partial charge in [0, 0.05) is 31.1 Å². The zero-order valence-electron chi connectivity index (χ0n) is 12.1. The molecule has 0 bridgehead atoms. The van der Waals surface area contributed by atoms with Gasteiger partial charge in [-0.1, -0.05) is 19.3 Å². The molecule has 3 nitrogen and oxygen atoms in total. The van der Waals surface area contributed by atoms with Crippen LogP contribution in [0.5, 0.6) is 0 Å². The molecule has 18 heavy (non-hydrogen) atoms. The van der Waals surface area contributed by atoms with Crippen molar-refractivity contribution in [2.45, 2.75) is 70.4 Å². The number of rotatable bonds is 3. The predicted octanol–water partition coefficient (Wildman–Crippen LogP) is 2.13. The van der Waals surface area contributed by atoms with Gasteiger partial charge in [0.2, 0.25) is 0 Å². The average molecular weight is 254 g/mol. The van der Waals surface area contributed by atoms with Crippen molar-refractivity contribution < 1.29 is 5.11 Å². The van der Waals surface area contributed by atoms with Crippen LogP contribution in [0.25, 0.3) is 0 Å². The topological polar surface area (TPSA) is 49.5 Å². The lowest BCUT2D eigenvalue weighted by molar-refractivity contribution is -0.134. The van der Waals surface area contributed by atoms with Gasteiger partial charge in [-0.25, -0.2) is 0 Å². The summed E-state index contributed by atoms with van der Waals surface area (Å²) in [5.41, 5.74) is 5.58. The fraction of sp³-hybridized carbons (Fsp3) is 1.00. The van der Waals surface area contributed by atoms with Gasteiger partial charge in [-0.15, -0.1) is 0 Å². The molecule has 0 spiro atoms. The highest BCUT2D eigenvalue weighted by atomic mass is 16.3. The highest BCUT2D eigenvalue weighted by Gasteiger charge is 2.50. The maximum Gasteiger partial charge on any atom is 0.0740 e. The molecule has 1 heterocycles. The lowest BCUT2D eigenvalue weighted by Crippen LogP contribution is -2.59. The van der Waals surface area contributed by atoms with Crippen LogP contribution >= 0.6 is 0 Å². The molecule has 0 amide bonds. The highest BCUT2D eigenvalue weighted by molar-refractivity contribution is 5.03. The summed E-state index contributed by atoms with van der Waals surface area (Å²) >= 11 is 0.